The summed E-state index contributed by atoms with van der Waals surface area (Å²) in [6.07, 6.45) is 17.4. The molecule has 1 aromatic carbocycles. The minimum absolute atomic E-state index is 0.103. The second kappa shape index (κ2) is 14.0. The summed E-state index contributed by atoms with van der Waals surface area (Å²) in [5.74, 6) is 0.344. The SMILES string of the molecule is CCCCCCCCCCCCCCCC(=O)c1cc(C(C)(C)C)c(O)c(C(C)(C)C)c1N. The lowest BCUT2D eigenvalue weighted by Crippen LogP contribution is -2.21. The van der Waals surface area contributed by atoms with Crippen molar-refractivity contribution >= 4 is 11.5 Å². The van der Waals surface area contributed by atoms with Crippen LogP contribution in [0.4, 0.5) is 5.69 Å². The topological polar surface area (TPSA) is 63.3 Å². The number of unbranched alkanes of at least 4 members (excludes halogenated alkanes) is 12. The number of hydrogen-bond donors (Lipinski definition) is 2. The molecular weight excluding hydrogens is 406 g/mol. The van der Waals surface area contributed by atoms with E-state index in [2.05, 4.69) is 27.7 Å². The van der Waals surface area contributed by atoms with Gasteiger partial charge in [0.05, 0.1) is 0 Å². The molecule has 3 N–H and O–H groups in total. The molecule has 0 fully saturated rings. The van der Waals surface area contributed by atoms with Crippen molar-refractivity contribution in [2.75, 3.05) is 5.73 Å². The summed E-state index contributed by atoms with van der Waals surface area (Å²) in [6, 6.07) is 1.84. The molecule has 1 rings (SSSR count). The lowest BCUT2D eigenvalue weighted by molar-refractivity contribution is 0.0979. The smallest absolute Gasteiger partial charge is 0.164 e. The van der Waals surface area contributed by atoms with E-state index in [9.17, 15) is 9.90 Å². The van der Waals surface area contributed by atoms with Gasteiger partial charge in [0, 0.05) is 28.8 Å². The number of anilines is 1. The zero-order valence-electron chi connectivity index (χ0n) is 22.9. The molecule has 3 nitrogen and oxygen atoms in total. The van der Waals surface area contributed by atoms with E-state index >= 15 is 0 Å². The second-order valence-electron chi connectivity index (χ2n) is 12.0. The van der Waals surface area contributed by atoms with E-state index in [4.69, 9.17) is 5.73 Å². The summed E-state index contributed by atoms with van der Waals surface area (Å²) in [5.41, 5.74) is 8.39. The van der Waals surface area contributed by atoms with E-state index in [1.807, 2.05) is 26.8 Å². The fourth-order valence-corrected chi connectivity index (χ4v) is 4.69. The minimum atomic E-state index is -0.333. The Kier molecular flexibility index (Phi) is 12.5. The van der Waals surface area contributed by atoms with Gasteiger partial charge in [0.15, 0.2) is 5.78 Å². The van der Waals surface area contributed by atoms with Gasteiger partial charge in [-0.15, -0.1) is 0 Å². The number of nitrogens with two attached hydrogens (primary N) is 1. The monoisotopic (exact) mass is 459 g/mol. The maximum atomic E-state index is 13.1. The summed E-state index contributed by atoms with van der Waals surface area (Å²) < 4.78 is 0. The van der Waals surface area contributed by atoms with E-state index in [-0.39, 0.29) is 22.4 Å². The number of benzene rings is 1. The zero-order valence-corrected chi connectivity index (χ0v) is 22.9. The van der Waals surface area contributed by atoms with Crippen LogP contribution in [0.3, 0.4) is 0 Å². The molecule has 3 heteroatoms. The normalized spacial score (nSPS) is 12.3. The third-order valence-electron chi connectivity index (χ3n) is 6.71. The number of carbonyl (C=O) groups is 1. The largest absolute Gasteiger partial charge is 0.507 e. The molecule has 0 unspecified atom stereocenters. The molecule has 0 saturated carbocycles. The second-order valence-corrected chi connectivity index (χ2v) is 12.0. The molecule has 190 valence electrons. The molecule has 0 aliphatic rings. The molecule has 1 aromatic rings. The molecule has 33 heavy (non-hydrogen) atoms. The van der Waals surface area contributed by atoms with Gasteiger partial charge in [0.2, 0.25) is 0 Å². The molecule has 0 aromatic heterocycles. The van der Waals surface area contributed by atoms with Crippen molar-refractivity contribution in [3.8, 4) is 5.75 Å². The fraction of sp³-hybridized carbons (Fsp3) is 0.767. The van der Waals surface area contributed by atoms with Gasteiger partial charge in [-0.1, -0.05) is 126 Å². The Morgan fingerprint density at radius 2 is 1.18 bits per heavy atom. The fourth-order valence-electron chi connectivity index (χ4n) is 4.69. The molecule has 0 heterocycles. The number of phenolic OH excluding ortho intramolecular Hbond substituents is 1. The van der Waals surface area contributed by atoms with E-state index in [0.717, 1.165) is 18.4 Å². The highest BCUT2D eigenvalue weighted by Gasteiger charge is 2.31. The predicted molar refractivity (Wildman–Crippen MR) is 145 cm³/mol. The Bertz CT molecular complexity index is 722. The molecular formula is C30H53NO2. The maximum absolute atomic E-state index is 13.1. The van der Waals surface area contributed by atoms with Crippen molar-refractivity contribution < 1.29 is 9.90 Å². The first-order valence-electron chi connectivity index (χ1n) is 13.6. The molecule has 0 bridgehead atoms. The standard InChI is InChI=1S/C30H53NO2/c1-8-9-10-11-12-13-14-15-16-17-18-19-20-21-25(32)23-22-24(29(2,3)4)28(33)26(27(23)31)30(5,6)7/h22,33H,8-21,31H2,1-7H3. The van der Waals surface area contributed by atoms with Crippen LogP contribution < -0.4 is 5.73 Å². The molecule has 0 saturated heterocycles. The number of ketones is 1. The van der Waals surface area contributed by atoms with Crippen LogP contribution in [-0.4, -0.2) is 10.9 Å². The van der Waals surface area contributed by atoms with E-state index < -0.39 is 0 Å². The first-order chi connectivity index (χ1) is 15.4. The maximum Gasteiger partial charge on any atom is 0.164 e. The van der Waals surface area contributed by atoms with Gasteiger partial charge in [0.1, 0.15) is 5.75 Å². The van der Waals surface area contributed by atoms with Crippen LogP contribution in [0.1, 0.15) is 160 Å². The lowest BCUT2D eigenvalue weighted by Gasteiger charge is -2.29. The number of Topliss-reactive ketones (excluding diaryl/α,β-unsaturated/α-hetero) is 1. The highest BCUT2D eigenvalue weighted by atomic mass is 16.3. The van der Waals surface area contributed by atoms with Crippen LogP contribution in [0.2, 0.25) is 0 Å². The van der Waals surface area contributed by atoms with Crippen LogP contribution in [0.25, 0.3) is 0 Å². The molecule has 0 atom stereocenters. The van der Waals surface area contributed by atoms with Gasteiger partial charge in [-0.25, -0.2) is 0 Å². The number of phenols is 1. The van der Waals surface area contributed by atoms with E-state index in [1.54, 1.807) is 0 Å². The first-order valence-corrected chi connectivity index (χ1v) is 13.6. The molecule has 0 aliphatic carbocycles. The Balaban J connectivity index is 2.50. The molecule has 0 aliphatic heterocycles. The van der Waals surface area contributed by atoms with Gasteiger partial charge in [-0.2, -0.15) is 0 Å². The highest BCUT2D eigenvalue weighted by Crippen LogP contribution is 2.44. The number of nitrogen functional groups attached to an aromatic ring is 1. The Morgan fingerprint density at radius 3 is 1.58 bits per heavy atom. The Hall–Kier alpha value is -1.51. The Morgan fingerprint density at radius 1 is 0.758 bits per heavy atom. The number of rotatable bonds is 15. The quantitative estimate of drug-likeness (QED) is 0.156. The molecule has 0 amide bonds. The van der Waals surface area contributed by atoms with Crippen molar-refractivity contribution in [3.63, 3.8) is 0 Å². The summed E-state index contributed by atoms with van der Waals surface area (Å²) in [6.45, 7) is 14.6. The lowest BCUT2D eigenvalue weighted by atomic mass is 9.76. The highest BCUT2D eigenvalue weighted by molar-refractivity contribution is 6.02. The van der Waals surface area contributed by atoms with Crippen molar-refractivity contribution in [1.82, 2.24) is 0 Å². The third kappa shape index (κ3) is 10.1. The zero-order chi connectivity index (χ0) is 25.1. The average molecular weight is 460 g/mol. The van der Waals surface area contributed by atoms with Crippen LogP contribution in [0.5, 0.6) is 5.75 Å². The number of aromatic hydroxyl groups is 1. The van der Waals surface area contributed by atoms with Crippen molar-refractivity contribution in [1.29, 1.82) is 0 Å². The van der Waals surface area contributed by atoms with Gasteiger partial charge in [0.25, 0.3) is 0 Å². The number of carbonyl (C=O) groups excluding carboxylic acids is 1. The predicted octanol–water partition coefficient (Wildman–Crippen LogP) is 9.23. The van der Waals surface area contributed by atoms with E-state index in [1.165, 1.54) is 70.6 Å². The van der Waals surface area contributed by atoms with Crippen LogP contribution in [0.15, 0.2) is 6.07 Å². The first kappa shape index (κ1) is 29.5. The van der Waals surface area contributed by atoms with Crippen molar-refractivity contribution in [3.05, 3.63) is 22.8 Å². The van der Waals surface area contributed by atoms with Crippen molar-refractivity contribution in [2.24, 2.45) is 0 Å². The van der Waals surface area contributed by atoms with Gasteiger partial charge >= 0.3 is 0 Å². The van der Waals surface area contributed by atoms with Gasteiger partial charge in [-0.05, 0) is 23.3 Å². The summed E-state index contributed by atoms with van der Waals surface area (Å²) in [7, 11) is 0. The van der Waals surface area contributed by atoms with E-state index in [0.29, 0.717) is 23.2 Å². The summed E-state index contributed by atoms with van der Waals surface area (Å²) in [4.78, 5) is 13.1. The van der Waals surface area contributed by atoms with Crippen LogP contribution in [-0.2, 0) is 10.8 Å². The summed E-state index contributed by atoms with van der Waals surface area (Å²) >= 11 is 0. The molecule has 0 radical (unpaired) electrons. The van der Waals surface area contributed by atoms with Crippen molar-refractivity contribution in [2.45, 2.75) is 149 Å². The minimum Gasteiger partial charge on any atom is -0.507 e. The molecule has 0 spiro atoms. The van der Waals surface area contributed by atoms with Gasteiger partial charge in [-0.3, -0.25) is 4.79 Å². The third-order valence-corrected chi connectivity index (χ3v) is 6.71. The summed E-state index contributed by atoms with van der Waals surface area (Å²) in [5, 5.41) is 11.0. The number of hydrogen-bond acceptors (Lipinski definition) is 3. The Labute approximate surface area is 204 Å². The van der Waals surface area contributed by atoms with Crippen LogP contribution in [0, 0.1) is 0 Å². The average Bonchev–Trinajstić information content (AvgIpc) is 2.69. The van der Waals surface area contributed by atoms with Crippen LogP contribution >= 0.6 is 0 Å². The van der Waals surface area contributed by atoms with Gasteiger partial charge < -0.3 is 10.8 Å².